The number of nitrogens with zero attached hydrogens (tertiary/aromatic N) is 5. The van der Waals surface area contributed by atoms with Crippen molar-refractivity contribution in [1.82, 2.24) is 30.2 Å². The largest absolute Gasteiger partial charge is 0.347 e. The van der Waals surface area contributed by atoms with Gasteiger partial charge in [-0.1, -0.05) is 24.1 Å². The Hall–Kier alpha value is -2.80. The second-order valence-electron chi connectivity index (χ2n) is 8.17. The smallest absolute Gasteiger partial charge is 0.274 e. The second-order valence-corrected chi connectivity index (χ2v) is 8.17. The molecule has 7 heteroatoms. The first-order valence-corrected chi connectivity index (χ1v) is 10.5. The van der Waals surface area contributed by atoms with Crippen molar-refractivity contribution in [2.45, 2.75) is 51.1 Å². The highest BCUT2D eigenvalue weighted by molar-refractivity contribution is 5.94. The van der Waals surface area contributed by atoms with Gasteiger partial charge in [0.1, 0.15) is 0 Å². The Labute approximate surface area is 170 Å². The summed E-state index contributed by atoms with van der Waals surface area (Å²) in [5, 5.41) is 12.6. The number of hydrogen-bond acceptors (Lipinski definition) is 5. The van der Waals surface area contributed by atoms with Crippen LogP contribution in [0.25, 0.3) is 16.6 Å². The van der Waals surface area contributed by atoms with Crippen molar-refractivity contribution in [2.75, 3.05) is 13.1 Å². The molecule has 0 spiro atoms. The van der Waals surface area contributed by atoms with E-state index in [4.69, 9.17) is 0 Å². The minimum Gasteiger partial charge on any atom is -0.347 e. The molecule has 1 aliphatic heterocycles. The molecule has 1 amide bonds. The molecule has 1 aromatic carbocycles. The average molecular weight is 390 g/mol. The molecular formula is C22H26N6O. The van der Waals surface area contributed by atoms with Crippen LogP contribution in [0.1, 0.15) is 48.3 Å². The van der Waals surface area contributed by atoms with Crippen molar-refractivity contribution in [2.24, 2.45) is 0 Å². The van der Waals surface area contributed by atoms with E-state index in [-0.39, 0.29) is 11.9 Å². The van der Waals surface area contributed by atoms with Gasteiger partial charge in [0, 0.05) is 36.8 Å². The quantitative estimate of drug-likeness (QED) is 0.741. The van der Waals surface area contributed by atoms with E-state index in [1.807, 2.05) is 37.3 Å². The van der Waals surface area contributed by atoms with Crippen molar-refractivity contribution < 1.29 is 4.79 Å². The summed E-state index contributed by atoms with van der Waals surface area (Å²) in [6, 6.07) is 10.7. The van der Waals surface area contributed by atoms with Crippen LogP contribution in [-0.4, -0.2) is 56.0 Å². The zero-order valence-electron chi connectivity index (χ0n) is 16.7. The minimum atomic E-state index is -0.134. The van der Waals surface area contributed by atoms with E-state index in [2.05, 4.69) is 25.5 Å². The topological polar surface area (TPSA) is 75.9 Å². The van der Waals surface area contributed by atoms with Crippen molar-refractivity contribution in [3.05, 3.63) is 47.9 Å². The van der Waals surface area contributed by atoms with Crippen molar-refractivity contribution >= 4 is 16.8 Å². The summed E-state index contributed by atoms with van der Waals surface area (Å²) >= 11 is 0. The molecule has 1 saturated carbocycles. The third-order valence-corrected chi connectivity index (χ3v) is 6.36. The lowest BCUT2D eigenvalue weighted by Crippen LogP contribution is -2.39. The Morgan fingerprint density at radius 1 is 1.14 bits per heavy atom. The van der Waals surface area contributed by atoms with Crippen LogP contribution in [0, 0.1) is 6.92 Å². The van der Waals surface area contributed by atoms with E-state index in [1.165, 1.54) is 25.7 Å². The summed E-state index contributed by atoms with van der Waals surface area (Å²) < 4.78 is 1.73. The van der Waals surface area contributed by atoms with Crippen LogP contribution in [0.2, 0.25) is 0 Å². The van der Waals surface area contributed by atoms with Crippen LogP contribution >= 0.6 is 0 Å². The molecule has 0 bridgehead atoms. The van der Waals surface area contributed by atoms with E-state index in [0.717, 1.165) is 41.8 Å². The number of hydrogen-bond donors (Lipinski definition) is 1. The number of carbonyl (C=O) groups is 1. The zero-order chi connectivity index (χ0) is 19.8. The average Bonchev–Trinajstić information content (AvgIpc) is 3.48. The lowest BCUT2D eigenvalue weighted by molar-refractivity contribution is 0.0930. The Kier molecular flexibility index (Phi) is 4.75. The first kappa shape index (κ1) is 18.2. The molecule has 0 unspecified atom stereocenters. The minimum absolute atomic E-state index is 0.134. The van der Waals surface area contributed by atoms with Crippen LogP contribution in [0.15, 0.2) is 36.5 Å². The van der Waals surface area contributed by atoms with Gasteiger partial charge in [-0.3, -0.25) is 14.7 Å². The molecule has 2 aliphatic rings. The molecule has 3 aromatic rings. The fraction of sp³-hybridized carbons (Fsp3) is 0.455. The molecule has 7 nitrogen and oxygen atoms in total. The van der Waals surface area contributed by atoms with Gasteiger partial charge in [-0.25, -0.2) is 4.68 Å². The number of aromatic nitrogens is 4. The van der Waals surface area contributed by atoms with Crippen LogP contribution in [0.5, 0.6) is 0 Å². The second kappa shape index (κ2) is 7.55. The predicted octanol–water partition coefficient (Wildman–Crippen LogP) is 2.87. The predicted molar refractivity (Wildman–Crippen MR) is 111 cm³/mol. The Morgan fingerprint density at radius 2 is 2.00 bits per heavy atom. The summed E-state index contributed by atoms with van der Waals surface area (Å²) in [6.45, 7) is 3.91. The van der Waals surface area contributed by atoms with Gasteiger partial charge < -0.3 is 5.32 Å². The number of nitrogens with one attached hydrogen (secondary N) is 1. The molecule has 1 N–H and O–H groups in total. The summed E-state index contributed by atoms with van der Waals surface area (Å²) in [6.07, 6.45) is 8.05. The Morgan fingerprint density at radius 3 is 2.86 bits per heavy atom. The summed E-state index contributed by atoms with van der Waals surface area (Å²) in [5.41, 5.74) is 2.91. The first-order valence-electron chi connectivity index (χ1n) is 10.5. The number of pyridine rings is 1. The lowest BCUT2D eigenvalue weighted by atomic mass is 10.1. The lowest BCUT2D eigenvalue weighted by Gasteiger charge is -2.23. The van der Waals surface area contributed by atoms with Gasteiger partial charge in [-0.05, 0) is 50.5 Å². The highest BCUT2D eigenvalue weighted by Gasteiger charge is 2.31. The molecule has 2 aromatic heterocycles. The first-order chi connectivity index (χ1) is 14.2. The van der Waals surface area contributed by atoms with E-state index in [9.17, 15) is 4.79 Å². The third-order valence-electron chi connectivity index (χ3n) is 6.36. The van der Waals surface area contributed by atoms with Gasteiger partial charge in [-0.15, -0.1) is 5.10 Å². The summed E-state index contributed by atoms with van der Waals surface area (Å²) in [7, 11) is 0. The molecule has 2 fully saturated rings. The maximum Gasteiger partial charge on any atom is 0.274 e. The van der Waals surface area contributed by atoms with Gasteiger partial charge in [0.05, 0.1) is 16.9 Å². The molecule has 1 atom stereocenters. The number of carbonyl (C=O) groups excluding carboxylic acids is 1. The monoisotopic (exact) mass is 390 g/mol. The van der Waals surface area contributed by atoms with E-state index >= 15 is 0 Å². The molecule has 29 heavy (non-hydrogen) atoms. The van der Waals surface area contributed by atoms with Crippen molar-refractivity contribution in [3.63, 3.8) is 0 Å². The molecular weight excluding hydrogens is 364 g/mol. The van der Waals surface area contributed by atoms with Crippen molar-refractivity contribution in [1.29, 1.82) is 0 Å². The maximum absolute atomic E-state index is 12.9. The van der Waals surface area contributed by atoms with E-state index in [1.54, 1.807) is 10.9 Å². The van der Waals surface area contributed by atoms with Crippen LogP contribution < -0.4 is 5.32 Å². The maximum atomic E-state index is 12.9. The number of benzene rings is 1. The molecule has 150 valence electrons. The molecule has 1 aliphatic carbocycles. The van der Waals surface area contributed by atoms with Gasteiger partial charge in [0.25, 0.3) is 5.91 Å². The van der Waals surface area contributed by atoms with Gasteiger partial charge in [-0.2, -0.15) is 0 Å². The van der Waals surface area contributed by atoms with Crippen LogP contribution in [0.3, 0.4) is 0 Å². The number of fused-ring (bicyclic) bond motifs is 1. The van der Waals surface area contributed by atoms with Crippen molar-refractivity contribution in [3.8, 4) is 5.69 Å². The number of likely N-dealkylation sites (tertiary alicyclic amines) is 1. The molecule has 0 radical (unpaired) electrons. The summed E-state index contributed by atoms with van der Waals surface area (Å²) in [5.74, 6) is -0.134. The normalized spacial score (nSPS) is 20.5. The highest BCUT2D eigenvalue weighted by atomic mass is 16.2. The SMILES string of the molecule is Cc1c(C(=O)N[C@@H]2CCN(C3CCCC3)C2)nnn1-c1cccc2ncccc12. The van der Waals surface area contributed by atoms with Gasteiger partial charge in [0.2, 0.25) is 0 Å². The number of rotatable bonds is 4. The van der Waals surface area contributed by atoms with Crippen LogP contribution in [0.4, 0.5) is 0 Å². The van der Waals surface area contributed by atoms with Gasteiger partial charge in [0.15, 0.2) is 5.69 Å². The Bertz CT molecular complexity index is 1030. The summed E-state index contributed by atoms with van der Waals surface area (Å²) in [4.78, 5) is 19.8. The Balaban J connectivity index is 1.33. The molecule has 5 rings (SSSR count). The van der Waals surface area contributed by atoms with E-state index < -0.39 is 0 Å². The molecule has 3 heterocycles. The fourth-order valence-corrected chi connectivity index (χ4v) is 4.80. The number of amides is 1. The van der Waals surface area contributed by atoms with E-state index in [0.29, 0.717) is 11.7 Å². The standard InChI is InChI=1S/C22H26N6O/c1-15-21(22(29)24-16-11-13-27(14-16)17-6-2-3-7-17)25-26-28(15)20-10-4-9-19-18(20)8-5-12-23-19/h4-5,8-10,12,16-17H,2-3,6-7,11,13-14H2,1H3,(H,24,29)/t16-/m1/s1. The van der Waals surface area contributed by atoms with Crippen LogP contribution in [-0.2, 0) is 0 Å². The fourth-order valence-electron chi connectivity index (χ4n) is 4.80. The highest BCUT2D eigenvalue weighted by Crippen LogP contribution is 2.27. The van der Waals surface area contributed by atoms with Gasteiger partial charge >= 0.3 is 0 Å². The third kappa shape index (κ3) is 3.40. The molecule has 1 saturated heterocycles. The zero-order valence-corrected chi connectivity index (χ0v) is 16.7.